The number of hydrogen-bond donors (Lipinski definition) is 3. The number of amides is 2. The van der Waals surface area contributed by atoms with Gasteiger partial charge in [-0.2, -0.15) is 13.2 Å². The molecule has 7 nitrogen and oxygen atoms in total. The van der Waals surface area contributed by atoms with Crippen molar-refractivity contribution in [2.45, 2.75) is 38.5 Å². The maximum Gasteiger partial charge on any atom is 0.416 e. The zero-order valence-corrected chi connectivity index (χ0v) is 18.2. The Morgan fingerprint density at radius 2 is 1.88 bits per heavy atom. The van der Waals surface area contributed by atoms with Crippen LogP contribution in [0, 0.1) is 5.92 Å². The normalized spacial score (nSPS) is 14.6. The van der Waals surface area contributed by atoms with E-state index in [2.05, 4.69) is 10.3 Å². The van der Waals surface area contributed by atoms with Crippen molar-refractivity contribution in [3.05, 3.63) is 59.3 Å². The molecule has 0 saturated heterocycles. The summed E-state index contributed by atoms with van der Waals surface area (Å²) in [4.78, 5) is 31.3. The van der Waals surface area contributed by atoms with Crippen LogP contribution < -0.4 is 16.8 Å². The largest absolute Gasteiger partial charge is 0.416 e. The highest BCUT2D eigenvalue weighted by Crippen LogP contribution is 2.32. The minimum absolute atomic E-state index is 0.107. The van der Waals surface area contributed by atoms with E-state index < -0.39 is 35.0 Å². The summed E-state index contributed by atoms with van der Waals surface area (Å²) in [7, 11) is 1.64. The maximum absolute atomic E-state index is 13.2. The first-order chi connectivity index (χ1) is 14.9. The van der Waals surface area contributed by atoms with E-state index in [0.29, 0.717) is 17.9 Å². The fraction of sp³-hybridized carbons (Fsp3) is 0.409. The fourth-order valence-electron chi connectivity index (χ4n) is 3.46. The molecule has 1 aromatic carbocycles. The van der Waals surface area contributed by atoms with E-state index in [1.54, 1.807) is 31.0 Å². The molecule has 0 bridgehead atoms. The smallest absolute Gasteiger partial charge is 0.384 e. The van der Waals surface area contributed by atoms with Crippen LogP contribution in [-0.2, 0) is 28.7 Å². The van der Waals surface area contributed by atoms with Crippen molar-refractivity contribution in [2.75, 3.05) is 19.3 Å². The molecule has 0 saturated carbocycles. The number of carbonyl (C=O) groups is 2. The number of halogens is 3. The van der Waals surface area contributed by atoms with E-state index in [1.165, 1.54) is 25.3 Å². The van der Waals surface area contributed by atoms with E-state index in [1.807, 2.05) is 0 Å². The van der Waals surface area contributed by atoms with Crippen molar-refractivity contribution in [1.29, 1.82) is 0 Å². The van der Waals surface area contributed by atoms with Gasteiger partial charge in [-0.05, 0) is 50.2 Å². The molecule has 1 aromatic heterocycles. The fourth-order valence-corrected chi connectivity index (χ4v) is 3.46. The summed E-state index contributed by atoms with van der Waals surface area (Å²) in [5.74, 6) is -1.98. The molecule has 0 aliphatic rings. The molecule has 2 rings (SSSR count). The first kappa shape index (κ1) is 25.1. The number of likely N-dealkylation sites (N-methyl/N-ethyl adjacent to an activating group) is 1. The van der Waals surface area contributed by atoms with Gasteiger partial charge in [0.05, 0.1) is 11.5 Å². The molecule has 2 atom stereocenters. The van der Waals surface area contributed by atoms with Crippen LogP contribution in [0.15, 0.2) is 42.6 Å². The van der Waals surface area contributed by atoms with E-state index in [-0.39, 0.29) is 18.5 Å². The van der Waals surface area contributed by atoms with E-state index >= 15 is 0 Å². The number of primary amides is 1. The van der Waals surface area contributed by atoms with Gasteiger partial charge in [0, 0.05) is 12.7 Å². The lowest BCUT2D eigenvalue weighted by atomic mass is 9.78. The highest BCUT2D eigenvalue weighted by atomic mass is 19.4. The number of anilines is 1. The van der Waals surface area contributed by atoms with E-state index in [4.69, 9.17) is 11.5 Å². The van der Waals surface area contributed by atoms with Gasteiger partial charge < -0.3 is 16.8 Å². The van der Waals surface area contributed by atoms with Gasteiger partial charge in [-0.3, -0.25) is 14.5 Å². The second kappa shape index (κ2) is 9.99. The number of hydrogen-bond acceptors (Lipinski definition) is 5. The summed E-state index contributed by atoms with van der Waals surface area (Å²) in [6, 6.07) is 7.98. The van der Waals surface area contributed by atoms with Gasteiger partial charge in [-0.1, -0.05) is 31.2 Å². The number of rotatable bonds is 9. The second-order valence-electron chi connectivity index (χ2n) is 7.79. The summed E-state index contributed by atoms with van der Waals surface area (Å²) >= 11 is 0. The molecule has 1 unspecified atom stereocenters. The molecule has 32 heavy (non-hydrogen) atoms. The van der Waals surface area contributed by atoms with Crippen LogP contribution in [0.4, 0.5) is 19.0 Å². The minimum atomic E-state index is -4.52. The van der Waals surface area contributed by atoms with Crippen molar-refractivity contribution in [3.63, 3.8) is 0 Å². The molecule has 0 aliphatic carbocycles. The Balaban J connectivity index is 2.39. The quantitative estimate of drug-likeness (QED) is 0.542. The van der Waals surface area contributed by atoms with Gasteiger partial charge in [0.25, 0.3) is 0 Å². The number of carbonyl (C=O) groups excluding carboxylic acids is 2. The summed E-state index contributed by atoms with van der Waals surface area (Å²) in [5.41, 5.74) is 9.94. The van der Waals surface area contributed by atoms with Gasteiger partial charge in [-0.25, -0.2) is 4.98 Å². The Morgan fingerprint density at radius 3 is 2.41 bits per heavy atom. The molecule has 5 N–H and O–H groups in total. The first-order valence-corrected chi connectivity index (χ1v) is 10.0. The minimum Gasteiger partial charge on any atom is -0.384 e. The molecule has 1 heterocycles. The van der Waals surface area contributed by atoms with Crippen LogP contribution >= 0.6 is 0 Å². The van der Waals surface area contributed by atoms with E-state index in [9.17, 15) is 22.8 Å². The van der Waals surface area contributed by atoms with Gasteiger partial charge >= 0.3 is 6.18 Å². The summed E-state index contributed by atoms with van der Waals surface area (Å²) in [6.07, 6.45) is -3.13. The molecule has 0 radical (unpaired) electrons. The molecular formula is C22H28F3N5O2. The van der Waals surface area contributed by atoms with Crippen LogP contribution in [0.5, 0.6) is 0 Å². The van der Waals surface area contributed by atoms with Gasteiger partial charge in [0.2, 0.25) is 11.8 Å². The van der Waals surface area contributed by atoms with Crippen molar-refractivity contribution in [1.82, 2.24) is 15.2 Å². The van der Waals surface area contributed by atoms with Crippen LogP contribution in [0.2, 0.25) is 0 Å². The Bertz CT molecular complexity index is 949. The maximum atomic E-state index is 13.2. The summed E-state index contributed by atoms with van der Waals surface area (Å²) in [6.45, 7) is 3.82. The van der Waals surface area contributed by atoms with Crippen LogP contribution in [0.3, 0.4) is 0 Å². The lowest BCUT2D eigenvalue weighted by Crippen LogP contribution is -2.62. The Labute approximate surface area is 185 Å². The highest BCUT2D eigenvalue weighted by molar-refractivity contribution is 5.92. The molecule has 10 heteroatoms. The lowest BCUT2D eigenvalue weighted by molar-refractivity contribution is -0.141. The molecule has 0 fully saturated rings. The van der Waals surface area contributed by atoms with E-state index in [0.717, 1.165) is 12.1 Å². The Hall–Kier alpha value is -3.14. The standard InChI is InChI=1S/C22H28F3N5O2/c1-4-30(3)21(2,20(27)32)17(11-14-6-5-7-16(10-14)22(23,24)25)19(31)29-13-15-8-9-18(26)28-12-15/h5-10,12,17H,4,11,13H2,1-3H3,(H2,26,28)(H2,27,32)(H,29,31)/t17-,21?/m1/s1. The van der Waals surface area contributed by atoms with Crippen molar-refractivity contribution in [3.8, 4) is 0 Å². The lowest BCUT2D eigenvalue weighted by Gasteiger charge is -2.41. The number of nitrogens with one attached hydrogen (secondary N) is 1. The third kappa shape index (κ3) is 5.76. The van der Waals surface area contributed by atoms with Crippen LogP contribution in [-0.4, -0.2) is 40.8 Å². The highest BCUT2D eigenvalue weighted by Gasteiger charge is 2.46. The average Bonchev–Trinajstić information content (AvgIpc) is 2.75. The Morgan fingerprint density at radius 1 is 1.19 bits per heavy atom. The molecule has 174 valence electrons. The summed E-state index contributed by atoms with van der Waals surface area (Å²) < 4.78 is 39.5. The molecule has 2 amide bonds. The average molecular weight is 451 g/mol. The topological polar surface area (TPSA) is 114 Å². The number of nitrogens with two attached hydrogens (primary N) is 2. The third-order valence-electron chi connectivity index (χ3n) is 5.77. The number of benzene rings is 1. The van der Waals surface area contributed by atoms with Crippen molar-refractivity contribution in [2.24, 2.45) is 11.7 Å². The zero-order chi connectivity index (χ0) is 24.1. The number of pyridine rings is 1. The molecule has 0 spiro atoms. The zero-order valence-electron chi connectivity index (χ0n) is 18.2. The Kier molecular flexibility index (Phi) is 7.84. The number of aromatic nitrogens is 1. The van der Waals surface area contributed by atoms with Crippen molar-refractivity contribution < 1.29 is 22.8 Å². The number of nitrogen functional groups attached to an aromatic ring is 1. The third-order valence-corrected chi connectivity index (χ3v) is 5.77. The molecule has 0 aliphatic heterocycles. The van der Waals surface area contributed by atoms with Gasteiger partial charge in [0.15, 0.2) is 0 Å². The first-order valence-electron chi connectivity index (χ1n) is 10.0. The van der Waals surface area contributed by atoms with Gasteiger partial charge in [-0.15, -0.1) is 0 Å². The van der Waals surface area contributed by atoms with Gasteiger partial charge in [0.1, 0.15) is 11.4 Å². The molecular weight excluding hydrogens is 423 g/mol. The number of nitrogens with zero attached hydrogens (tertiary/aromatic N) is 2. The number of alkyl halides is 3. The summed E-state index contributed by atoms with van der Waals surface area (Å²) in [5, 5.41) is 2.75. The van der Waals surface area contributed by atoms with Crippen molar-refractivity contribution >= 4 is 17.6 Å². The van der Waals surface area contributed by atoms with Crippen LogP contribution in [0.1, 0.15) is 30.5 Å². The second-order valence-corrected chi connectivity index (χ2v) is 7.79. The van der Waals surface area contributed by atoms with Crippen LogP contribution in [0.25, 0.3) is 0 Å². The predicted molar refractivity (Wildman–Crippen MR) is 115 cm³/mol. The monoisotopic (exact) mass is 451 g/mol. The SMILES string of the molecule is CCN(C)C(C)(C(N)=O)[C@H](Cc1cccc(C(F)(F)F)c1)C(=O)NCc1ccc(N)nc1. The molecule has 2 aromatic rings. The predicted octanol–water partition coefficient (Wildman–Crippen LogP) is 2.35.